The summed E-state index contributed by atoms with van der Waals surface area (Å²) in [6, 6.07) is 8.86. The molecule has 2 aromatic rings. The van der Waals surface area contributed by atoms with Crippen LogP contribution in [0.25, 0.3) is 10.4 Å². The fourth-order valence-corrected chi connectivity index (χ4v) is 3.15. The Bertz CT molecular complexity index is 690. The Kier molecular flexibility index (Phi) is 4.82. The van der Waals surface area contributed by atoms with E-state index >= 15 is 0 Å². The summed E-state index contributed by atoms with van der Waals surface area (Å²) in [7, 11) is 0. The lowest BCUT2D eigenvalue weighted by atomic mass is 10.0. The molecule has 0 radical (unpaired) electrons. The molecule has 1 heterocycles. The van der Waals surface area contributed by atoms with Crippen molar-refractivity contribution in [3.05, 3.63) is 40.8 Å². The summed E-state index contributed by atoms with van der Waals surface area (Å²) in [5, 5.41) is 11.6. The number of hydrogen-bond donors (Lipinski definition) is 3. The summed E-state index contributed by atoms with van der Waals surface area (Å²) in [5.74, 6) is -0.506. The van der Waals surface area contributed by atoms with E-state index in [2.05, 4.69) is 19.2 Å². The van der Waals surface area contributed by atoms with Crippen LogP contribution in [0, 0.1) is 5.92 Å². The Morgan fingerprint density at radius 1 is 1.27 bits per heavy atom. The zero-order chi connectivity index (χ0) is 16.3. The first kappa shape index (κ1) is 16.0. The number of primary amides is 1. The van der Waals surface area contributed by atoms with Crippen molar-refractivity contribution in [2.75, 3.05) is 5.32 Å². The molecule has 22 heavy (non-hydrogen) atoms. The van der Waals surface area contributed by atoms with Crippen LogP contribution >= 0.6 is 11.3 Å². The van der Waals surface area contributed by atoms with E-state index in [1.807, 2.05) is 24.3 Å². The predicted octanol–water partition coefficient (Wildman–Crippen LogP) is 3.80. The fraction of sp³-hybridized carbons (Fsp3) is 0.250. The molecule has 4 N–H and O–H groups in total. The third-order valence-corrected chi connectivity index (χ3v) is 4.24. The minimum Gasteiger partial charge on any atom is -0.477 e. The van der Waals surface area contributed by atoms with Gasteiger partial charge in [0, 0.05) is 4.88 Å². The van der Waals surface area contributed by atoms with Crippen molar-refractivity contribution in [2.45, 2.75) is 20.3 Å². The molecule has 1 aromatic heterocycles. The third-order valence-electron chi connectivity index (χ3n) is 3.07. The number of anilines is 1. The van der Waals surface area contributed by atoms with Gasteiger partial charge in [0.15, 0.2) is 0 Å². The fourth-order valence-electron chi connectivity index (χ4n) is 2.19. The molecule has 0 aliphatic carbocycles. The lowest BCUT2D eigenvalue weighted by molar-refractivity contribution is 0.0703. The molecule has 0 unspecified atom stereocenters. The summed E-state index contributed by atoms with van der Waals surface area (Å²) in [6.45, 7) is 4.32. The van der Waals surface area contributed by atoms with Gasteiger partial charge in [-0.25, -0.2) is 9.59 Å². The Balaban J connectivity index is 2.32. The highest BCUT2D eigenvalue weighted by molar-refractivity contribution is 7.18. The Hall–Kier alpha value is -2.34. The Morgan fingerprint density at radius 3 is 2.41 bits per heavy atom. The van der Waals surface area contributed by atoms with Crippen LogP contribution in [-0.2, 0) is 6.42 Å². The first-order valence-corrected chi connectivity index (χ1v) is 7.71. The molecule has 0 atom stereocenters. The molecule has 0 fully saturated rings. The molecule has 5 nitrogen and oxygen atoms in total. The molecule has 2 rings (SSSR count). The number of benzene rings is 1. The quantitative estimate of drug-likeness (QED) is 0.782. The van der Waals surface area contributed by atoms with Crippen LogP contribution in [0.1, 0.15) is 29.1 Å². The first-order chi connectivity index (χ1) is 10.4. The van der Waals surface area contributed by atoms with Crippen molar-refractivity contribution in [3.8, 4) is 10.4 Å². The number of urea groups is 1. The molecule has 2 amide bonds. The van der Waals surface area contributed by atoms with Crippen LogP contribution in [-0.4, -0.2) is 17.1 Å². The number of carboxylic acid groups (broad SMARTS) is 1. The second-order valence-electron chi connectivity index (χ2n) is 5.44. The van der Waals surface area contributed by atoms with Crippen molar-refractivity contribution in [3.63, 3.8) is 0 Å². The zero-order valence-electron chi connectivity index (χ0n) is 12.4. The predicted molar refractivity (Wildman–Crippen MR) is 88.5 cm³/mol. The van der Waals surface area contributed by atoms with Crippen LogP contribution in [0.3, 0.4) is 0 Å². The summed E-state index contributed by atoms with van der Waals surface area (Å²) in [5.41, 5.74) is 7.45. The number of nitrogens with one attached hydrogen (secondary N) is 1. The Morgan fingerprint density at radius 2 is 1.91 bits per heavy atom. The number of amides is 2. The minimum absolute atomic E-state index is 0.0695. The topological polar surface area (TPSA) is 92.4 Å². The highest BCUT2D eigenvalue weighted by Gasteiger charge is 2.17. The van der Waals surface area contributed by atoms with Gasteiger partial charge in [0.05, 0.1) is 5.69 Å². The van der Waals surface area contributed by atoms with Crippen LogP contribution < -0.4 is 11.1 Å². The van der Waals surface area contributed by atoms with Crippen molar-refractivity contribution < 1.29 is 14.7 Å². The van der Waals surface area contributed by atoms with Gasteiger partial charge >= 0.3 is 12.0 Å². The zero-order valence-corrected chi connectivity index (χ0v) is 13.2. The standard InChI is InChI=1S/C16H18N2O3S/c1-9(2)7-10-3-5-11(6-4-10)13-8-12(18-16(17)21)14(22-13)15(19)20/h3-6,8-9H,7H2,1-2H3,(H,19,20)(H3,17,18,21). The van der Waals surface area contributed by atoms with Gasteiger partial charge in [-0.2, -0.15) is 0 Å². The highest BCUT2D eigenvalue weighted by Crippen LogP contribution is 2.35. The van der Waals surface area contributed by atoms with Gasteiger partial charge in [-0.05, 0) is 29.5 Å². The van der Waals surface area contributed by atoms with E-state index in [1.165, 1.54) is 5.56 Å². The lowest BCUT2D eigenvalue weighted by Gasteiger charge is -2.05. The number of hydrogen-bond acceptors (Lipinski definition) is 3. The normalized spacial score (nSPS) is 10.7. The van der Waals surface area contributed by atoms with E-state index in [0.717, 1.165) is 28.2 Å². The molecular formula is C16H18N2O3S. The van der Waals surface area contributed by atoms with E-state index in [0.29, 0.717) is 5.92 Å². The van der Waals surface area contributed by atoms with Gasteiger partial charge in [0.25, 0.3) is 0 Å². The number of carbonyl (C=O) groups excluding carboxylic acids is 1. The van der Waals surface area contributed by atoms with E-state index in [-0.39, 0.29) is 10.6 Å². The number of nitrogens with two attached hydrogens (primary N) is 1. The van der Waals surface area contributed by atoms with E-state index < -0.39 is 12.0 Å². The Labute approximate surface area is 132 Å². The van der Waals surface area contributed by atoms with Crippen LogP contribution in [0.2, 0.25) is 0 Å². The van der Waals surface area contributed by atoms with Crippen LogP contribution in [0.15, 0.2) is 30.3 Å². The highest BCUT2D eigenvalue weighted by atomic mass is 32.1. The maximum absolute atomic E-state index is 11.2. The summed E-state index contributed by atoms with van der Waals surface area (Å²) in [4.78, 5) is 23.0. The van der Waals surface area contributed by atoms with Crippen LogP contribution in [0.4, 0.5) is 10.5 Å². The average molecular weight is 318 g/mol. The van der Waals surface area contributed by atoms with Gasteiger partial charge in [-0.1, -0.05) is 38.1 Å². The molecule has 0 aliphatic rings. The molecule has 6 heteroatoms. The SMILES string of the molecule is CC(C)Cc1ccc(-c2cc(NC(N)=O)c(C(=O)O)s2)cc1. The molecule has 0 aliphatic heterocycles. The molecular weight excluding hydrogens is 300 g/mol. The number of carboxylic acids is 1. The summed E-state index contributed by atoms with van der Waals surface area (Å²) < 4.78 is 0. The van der Waals surface area contributed by atoms with Gasteiger partial charge in [0.2, 0.25) is 0 Å². The molecule has 0 saturated heterocycles. The molecule has 0 bridgehead atoms. The monoisotopic (exact) mass is 318 g/mol. The third kappa shape index (κ3) is 3.85. The molecule has 0 saturated carbocycles. The van der Waals surface area contributed by atoms with Gasteiger partial charge in [0.1, 0.15) is 4.88 Å². The maximum atomic E-state index is 11.2. The molecule has 0 spiro atoms. The number of rotatable bonds is 5. The van der Waals surface area contributed by atoms with Gasteiger partial charge in [-0.15, -0.1) is 11.3 Å². The van der Waals surface area contributed by atoms with Crippen molar-refractivity contribution in [1.82, 2.24) is 0 Å². The second kappa shape index (κ2) is 6.62. The summed E-state index contributed by atoms with van der Waals surface area (Å²) >= 11 is 1.11. The van der Waals surface area contributed by atoms with Crippen molar-refractivity contribution >= 4 is 29.0 Å². The van der Waals surface area contributed by atoms with Crippen molar-refractivity contribution in [1.29, 1.82) is 0 Å². The van der Waals surface area contributed by atoms with E-state index in [1.54, 1.807) is 6.07 Å². The number of carbonyl (C=O) groups is 2. The lowest BCUT2D eigenvalue weighted by Crippen LogP contribution is -2.20. The maximum Gasteiger partial charge on any atom is 0.348 e. The van der Waals surface area contributed by atoms with E-state index in [9.17, 15) is 14.7 Å². The second-order valence-corrected chi connectivity index (χ2v) is 6.49. The summed E-state index contributed by atoms with van der Waals surface area (Å²) in [6.07, 6.45) is 1.000. The van der Waals surface area contributed by atoms with Crippen LogP contribution in [0.5, 0.6) is 0 Å². The van der Waals surface area contributed by atoms with Crippen molar-refractivity contribution in [2.24, 2.45) is 11.7 Å². The van der Waals surface area contributed by atoms with Gasteiger partial charge < -0.3 is 16.2 Å². The first-order valence-electron chi connectivity index (χ1n) is 6.89. The average Bonchev–Trinajstić information content (AvgIpc) is 2.82. The number of thiophene rings is 1. The smallest absolute Gasteiger partial charge is 0.348 e. The minimum atomic E-state index is -1.09. The molecule has 1 aromatic carbocycles. The molecule has 116 valence electrons. The van der Waals surface area contributed by atoms with Gasteiger partial charge in [-0.3, -0.25) is 0 Å². The van der Waals surface area contributed by atoms with E-state index in [4.69, 9.17) is 5.73 Å². The largest absolute Gasteiger partial charge is 0.477 e. The number of aromatic carboxylic acids is 1.